The van der Waals surface area contributed by atoms with Crippen LogP contribution in [-0.4, -0.2) is 31.3 Å². The van der Waals surface area contributed by atoms with Crippen LogP contribution in [0.25, 0.3) is 0 Å². The van der Waals surface area contributed by atoms with E-state index in [1.54, 1.807) is 6.07 Å². The molecule has 2 aromatic rings. The third-order valence-electron chi connectivity index (χ3n) is 2.54. The normalized spacial score (nSPS) is 10.6. The van der Waals surface area contributed by atoms with Crippen molar-refractivity contribution in [2.24, 2.45) is 0 Å². The lowest BCUT2D eigenvalue weighted by Gasteiger charge is -2.06. The molecule has 1 heterocycles. The third kappa shape index (κ3) is 3.25. The highest BCUT2D eigenvalue weighted by molar-refractivity contribution is 6.31. The number of carbonyl (C=O) groups is 1. The van der Waals surface area contributed by atoms with Crippen molar-refractivity contribution in [3.63, 3.8) is 0 Å². The Kier molecular flexibility index (Phi) is 4.06. The summed E-state index contributed by atoms with van der Waals surface area (Å²) in [4.78, 5) is 10.5. The van der Waals surface area contributed by atoms with Crippen LogP contribution in [0.3, 0.4) is 0 Å². The lowest BCUT2D eigenvalue weighted by atomic mass is 10.1. The fourth-order valence-electron chi connectivity index (χ4n) is 1.58. The van der Waals surface area contributed by atoms with E-state index in [1.807, 2.05) is 0 Å². The first kappa shape index (κ1) is 13.4. The Hall–Kier alpha value is -2.02. The summed E-state index contributed by atoms with van der Waals surface area (Å²) in [5.74, 6) is -1.03. The molecule has 0 amide bonds. The molecule has 1 aromatic carbocycles. The molecule has 0 unspecified atom stereocenters. The molecule has 0 fully saturated rings. The number of hydrogen-bond donors (Lipinski definition) is 1. The topological polar surface area (TPSA) is 80.9 Å². The Bertz CT molecular complexity index is 582. The number of nitrogens with zero attached hydrogens (tertiary/aromatic N) is 4. The number of halogens is 2. The van der Waals surface area contributed by atoms with Crippen LogP contribution in [0.2, 0.25) is 5.02 Å². The Balaban J connectivity index is 2.20. The van der Waals surface area contributed by atoms with Gasteiger partial charge in [0, 0.05) is 17.0 Å². The monoisotopic (exact) mass is 284 g/mol. The van der Waals surface area contributed by atoms with E-state index in [1.165, 1.54) is 16.8 Å². The van der Waals surface area contributed by atoms with E-state index >= 15 is 0 Å². The number of benzene rings is 1. The second-order valence-electron chi connectivity index (χ2n) is 3.84. The summed E-state index contributed by atoms with van der Waals surface area (Å²) >= 11 is 5.91. The van der Waals surface area contributed by atoms with Gasteiger partial charge in [-0.3, -0.25) is 4.79 Å². The van der Waals surface area contributed by atoms with Crippen LogP contribution in [0, 0.1) is 5.82 Å². The molecular weight excluding hydrogens is 275 g/mol. The minimum atomic E-state index is -0.953. The molecule has 0 aliphatic heterocycles. The molecule has 19 heavy (non-hydrogen) atoms. The number of hydrogen-bond acceptors (Lipinski definition) is 4. The van der Waals surface area contributed by atoms with Crippen LogP contribution >= 0.6 is 11.6 Å². The lowest BCUT2D eigenvalue weighted by molar-refractivity contribution is -0.137. The maximum absolute atomic E-state index is 13.6. The fraction of sp³-hybridized carbons (Fsp3) is 0.273. The van der Waals surface area contributed by atoms with E-state index in [4.69, 9.17) is 16.7 Å². The number of carboxylic acid groups (broad SMARTS) is 1. The summed E-state index contributed by atoms with van der Waals surface area (Å²) in [6.07, 6.45) is 0.00116. The predicted molar refractivity (Wildman–Crippen MR) is 64.3 cm³/mol. The molecule has 0 bridgehead atoms. The molecule has 6 nitrogen and oxygen atoms in total. The summed E-state index contributed by atoms with van der Waals surface area (Å²) in [5.41, 5.74) is 0.288. The third-order valence-corrected chi connectivity index (χ3v) is 2.89. The molecule has 100 valence electrons. The van der Waals surface area contributed by atoms with Crippen molar-refractivity contribution in [3.8, 4) is 0 Å². The van der Waals surface area contributed by atoms with Gasteiger partial charge in [0.15, 0.2) is 5.82 Å². The van der Waals surface area contributed by atoms with E-state index in [0.29, 0.717) is 5.82 Å². The van der Waals surface area contributed by atoms with Gasteiger partial charge >= 0.3 is 5.97 Å². The SMILES string of the molecule is O=C(O)CCn1nnnc1Cc1c(F)cccc1Cl. The zero-order chi connectivity index (χ0) is 13.8. The van der Waals surface area contributed by atoms with Crippen molar-refractivity contribution >= 4 is 17.6 Å². The number of carboxylic acids is 1. The summed E-state index contributed by atoms with van der Waals surface area (Å²) in [6, 6.07) is 4.38. The average molecular weight is 285 g/mol. The van der Waals surface area contributed by atoms with Crippen LogP contribution in [0.5, 0.6) is 0 Å². The molecule has 0 radical (unpaired) electrons. The quantitative estimate of drug-likeness (QED) is 0.900. The first-order valence-electron chi connectivity index (χ1n) is 5.47. The molecule has 1 N–H and O–H groups in total. The van der Waals surface area contributed by atoms with Gasteiger partial charge in [-0.15, -0.1) is 5.10 Å². The zero-order valence-corrected chi connectivity index (χ0v) is 10.5. The van der Waals surface area contributed by atoms with Gasteiger partial charge in [-0.2, -0.15) is 0 Å². The molecule has 8 heteroatoms. The van der Waals surface area contributed by atoms with Crippen LogP contribution in [0.15, 0.2) is 18.2 Å². The van der Waals surface area contributed by atoms with Gasteiger partial charge in [0.2, 0.25) is 0 Å². The average Bonchev–Trinajstić information content (AvgIpc) is 2.79. The van der Waals surface area contributed by atoms with Gasteiger partial charge in [-0.25, -0.2) is 9.07 Å². The van der Waals surface area contributed by atoms with Gasteiger partial charge < -0.3 is 5.11 Å². The molecular formula is C11H10ClFN4O2. The molecule has 0 aliphatic carbocycles. The highest BCUT2D eigenvalue weighted by atomic mass is 35.5. The van der Waals surface area contributed by atoms with Crippen molar-refractivity contribution in [1.82, 2.24) is 20.2 Å². The van der Waals surface area contributed by atoms with Crippen LogP contribution < -0.4 is 0 Å². The van der Waals surface area contributed by atoms with E-state index in [9.17, 15) is 9.18 Å². The molecule has 1 aromatic heterocycles. The zero-order valence-electron chi connectivity index (χ0n) is 9.75. The Labute approximate surface area is 112 Å². The standard InChI is InChI=1S/C11H10ClFN4O2/c12-8-2-1-3-9(13)7(8)6-10-14-15-16-17(10)5-4-11(18)19/h1-3H,4-6H2,(H,18,19). The molecule has 2 rings (SSSR count). The molecule has 0 spiro atoms. The minimum Gasteiger partial charge on any atom is -0.481 e. The molecule has 0 saturated heterocycles. The Morgan fingerprint density at radius 2 is 2.26 bits per heavy atom. The summed E-state index contributed by atoms with van der Waals surface area (Å²) in [5, 5.41) is 19.8. The highest BCUT2D eigenvalue weighted by Gasteiger charge is 2.13. The second kappa shape index (κ2) is 5.75. The van der Waals surface area contributed by atoms with Crippen molar-refractivity contribution in [3.05, 3.63) is 40.4 Å². The van der Waals surface area contributed by atoms with Gasteiger partial charge in [0.1, 0.15) is 5.82 Å². The van der Waals surface area contributed by atoms with Gasteiger partial charge in [0.05, 0.1) is 13.0 Å². The lowest BCUT2D eigenvalue weighted by Crippen LogP contribution is -2.10. The number of tetrazole rings is 1. The van der Waals surface area contributed by atoms with E-state index in [2.05, 4.69) is 15.5 Å². The number of aryl methyl sites for hydroxylation is 1. The smallest absolute Gasteiger partial charge is 0.305 e. The van der Waals surface area contributed by atoms with Gasteiger partial charge in [0.25, 0.3) is 0 Å². The van der Waals surface area contributed by atoms with Crippen molar-refractivity contribution in [1.29, 1.82) is 0 Å². The largest absolute Gasteiger partial charge is 0.481 e. The van der Waals surface area contributed by atoms with Crippen molar-refractivity contribution < 1.29 is 14.3 Å². The molecule has 0 saturated carbocycles. The van der Waals surface area contributed by atoms with E-state index in [0.717, 1.165) is 0 Å². The summed E-state index contributed by atoms with van der Waals surface area (Å²) < 4.78 is 15.0. The van der Waals surface area contributed by atoms with E-state index < -0.39 is 11.8 Å². The van der Waals surface area contributed by atoms with Gasteiger partial charge in [-0.1, -0.05) is 17.7 Å². The van der Waals surface area contributed by atoms with Crippen LogP contribution in [-0.2, 0) is 17.8 Å². The Morgan fingerprint density at radius 3 is 2.95 bits per heavy atom. The van der Waals surface area contributed by atoms with Crippen LogP contribution in [0.1, 0.15) is 17.8 Å². The first-order chi connectivity index (χ1) is 9.08. The van der Waals surface area contributed by atoms with Crippen molar-refractivity contribution in [2.45, 2.75) is 19.4 Å². The predicted octanol–water partition coefficient (Wildman–Crippen LogP) is 1.53. The maximum Gasteiger partial charge on any atom is 0.305 e. The van der Waals surface area contributed by atoms with Gasteiger partial charge in [-0.05, 0) is 22.6 Å². The second-order valence-corrected chi connectivity index (χ2v) is 4.25. The maximum atomic E-state index is 13.6. The van der Waals surface area contributed by atoms with E-state index in [-0.39, 0.29) is 30.0 Å². The number of aromatic nitrogens is 4. The highest BCUT2D eigenvalue weighted by Crippen LogP contribution is 2.21. The fourth-order valence-corrected chi connectivity index (χ4v) is 1.81. The molecule has 0 atom stereocenters. The number of rotatable bonds is 5. The Morgan fingerprint density at radius 1 is 1.47 bits per heavy atom. The molecule has 0 aliphatic rings. The number of aliphatic carboxylic acids is 1. The summed E-state index contributed by atoms with van der Waals surface area (Å²) in [7, 11) is 0. The van der Waals surface area contributed by atoms with Crippen LogP contribution in [0.4, 0.5) is 4.39 Å². The summed E-state index contributed by atoms with van der Waals surface area (Å²) in [6.45, 7) is 0.129. The first-order valence-corrected chi connectivity index (χ1v) is 5.85. The minimum absolute atomic E-state index is 0.108. The van der Waals surface area contributed by atoms with Crippen molar-refractivity contribution in [2.75, 3.05) is 0 Å².